The summed E-state index contributed by atoms with van der Waals surface area (Å²) in [4.78, 5) is 17.1. The molecule has 2 heterocycles. The molecule has 0 radical (unpaired) electrons. The molecule has 0 bridgehead atoms. The van der Waals surface area contributed by atoms with Crippen molar-refractivity contribution in [3.8, 4) is 0 Å². The van der Waals surface area contributed by atoms with Crippen LogP contribution in [0.2, 0.25) is 0 Å². The van der Waals surface area contributed by atoms with E-state index >= 15 is 0 Å². The lowest BCUT2D eigenvalue weighted by Crippen LogP contribution is -2.50. The summed E-state index contributed by atoms with van der Waals surface area (Å²) < 4.78 is 5.69. The van der Waals surface area contributed by atoms with Crippen LogP contribution in [0.25, 0.3) is 0 Å². The fourth-order valence-corrected chi connectivity index (χ4v) is 3.60. The molecule has 3 atom stereocenters. The van der Waals surface area contributed by atoms with E-state index < -0.39 is 0 Å². The van der Waals surface area contributed by atoms with Gasteiger partial charge in [-0.3, -0.25) is 4.79 Å². The van der Waals surface area contributed by atoms with Crippen LogP contribution in [0.3, 0.4) is 0 Å². The quantitative estimate of drug-likeness (QED) is 0.701. The lowest BCUT2D eigenvalue weighted by molar-refractivity contribution is -0.144. The van der Waals surface area contributed by atoms with Gasteiger partial charge in [0.25, 0.3) is 5.91 Å². The summed E-state index contributed by atoms with van der Waals surface area (Å²) in [7, 11) is 2.19. The molecule has 0 unspecified atom stereocenters. The van der Waals surface area contributed by atoms with E-state index in [1.165, 1.54) is 19.4 Å². The summed E-state index contributed by atoms with van der Waals surface area (Å²) in [5.41, 5.74) is 0. The second-order valence-corrected chi connectivity index (χ2v) is 6.30. The molecule has 1 amide bonds. The number of unbranched alkanes of at least 4 members (excludes halogenated alkanes) is 1. The number of hydrogen-bond acceptors (Lipinski definition) is 3. The average Bonchev–Trinajstić information content (AvgIpc) is 3.06. The van der Waals surface area contributed by atoms with Crippen molar-refractivity contribution in [3.63, 3.8) is 0 Å². The van der Waals surface area contributed by atoms with Gasteiger partial charge in [-0.1, -0.05) is 13.3 Å². The highest BCUT2D eigenvalue weighted by Gasteiger charge is 2.39. The Balaban J connectivity index is 1.90. The first kappa shape index (κ1) is 15.8. The van der Waals surface area contributed by atoms with E-state index in [1.807, 2.05) is 6.92 Å². The molecular formula is C16H30N2O2. The number of ether oxygens (including phenoxy) is 1. The number of likely N-dealkylation sites (N-methyl/N-ethyl adjacent to an activating group) is 1. The number of rotatable bonds is 6. The lowest BCUT2D eigenvalue weighted by atomic mass is 10.0. The molecule has 2 rings (SSSR count). The Morgan fingerprint density at radius 3 is 2.60 bits per heavy atom. The molecule has 0 aliphatic carbocycles. The molecule has 2 fully saturated rings. The summed E-state index contributed by atoms with van der Waals surface area (Å²) >= 11 is 0. The van der Waals surface area contributed by atoms with Crippen LogP contribution < -0.4 is 0 Å². The second kappa shape index (κ2) is 7.41. The Morgan fingerprint density at radius 1 is 1.25 bits per heavy atom. The van der Waals surface area contributed by atoms with Gasteiger partial charge in [0.2, 0.25) is 0 Å². The molecule has 4 heteroatoms. The SMILES string of the molecule is CCCCO[C@H](C)C(=O)N1CCC[C@H]1[C@@H]1CCCN1C. The molecular weight excluding hydrogens is 252 g/mol. The highest BCUT2D eigenvalue weighted by atomic mass is 16.5. The minimum atomic E-state index is -0.283. The van der Waals surface area contributed by atoms with Gasteiger partial charge >= 0.3 is 0 Å². The summed E-state index contributed by atoms with van der Waals surface area (Å²) in [5.74, 6) is 0.198. The molecule has 2 saturated heterocycles. The van der Waals surface area contributed by atoms with Crippen molar-refractivity contribution in [2.75, 3.05) is 26.7 Å². The van der Waals surface area contributed by atoms with E-state index in [2.05, 4.69) is 23.8 Å². The van der Waals surface area contributed by atoms with Gasteiger partial charge < -0.3 is 14.5 Å². The van der Waals surface area contributed by atoms with Gasteiger partial charge in [0.15, 0.2) is 0 Å². The molecule has 0 saturated carbocycles. The van der Waals surface area contributed by atoms with Gasteiger partial charge in [-0.15, -0.1) is 0 Å². The molecule has 20 heavy (non-hydrogen) atoms. The first-order valence-corrected chi connectivity index (χ1v) is 8.27. The Hall–Kier alpha value is -0.610. The molecule has 0 aromatic carbocycles. The highest BCUT2D eigenvalue weighted by Crippen LogP contribution is 2.29. The van der Waals surface area contributed by atoms with Crippen LogP contribution in [0.4, 0.5) is 0 Å². The standard InChI is InChI=1S/C16H30N2O2/c1-4-5-12-20-13(2)16(19)18-11-7-9-15(18)14-8-6-10-17(14)3/h13-15H,4-12H2,1-3H3/t13-,14+,15+/m1/s1. The number of carbonyl (C=O) groups excluding carboxylic acids is 1. The zero-order chi connectivity index (χ0) is 14.5. The number of hydrogen-bond donors (Lipinski definition) is 0. The molecule has 0 spiro atoms. The first-order chi connectivity index (χ1) is 9.65. The third kappa shape index (κ3) is 3.53. The Kier molecular flexibility index (Phi) is 5.85. The summed E-state index contributed by atoms with van der Waals surface area (Å²) in [6.45, 7) is 6.83. The predicted molar refractivity (Wildman–Crippen MR) is 80.7 cm³/mol. The zero-order valence-electron chi connectivity index (χ0n) is 13.3. The fourth-order valence-electron chi connectivity index (χ4n) is 3.60. The van der Waals surface area contributed by atoms with Crippen LogP contribution in [0, 0.1) is 0 Å². The first-order valence-electron chi connectivity index (χ1n) is 8.27. The summed E-state index contributed by atoms with van der Waals surface area (Å²) in [6, 6.07) is 0.969. The monoisotopic (exact) mass is 282 g/mol. The van der Waals surface area contributed by atoms with Crippen molar-refractivity contribution in [2.45, 2.75) is 70.6 Å². The minimum absolute atomic E-state index is 0.198. The van der Waals surface area contributed by atoms with Crippen molar-refractivity contribution in [1.29, 1.82) is 0 Å². The van der Waals surface area contributed by atoms with Crippen LogP contribution in [0.15, 0.2) is 0 Å². The Labute approximate surface area is 123 Å². The van der Waals surface area contributed by atoms with Crippen LogP contribution in [-0.4, -0.2) is 60.6 Å². The van der Waals surface area contributed by atoms with E-state index in [0.717, 1.165) is 32.2 Å². The lowest BCUT2D eigenvalue weighted by Gasteiger charge is -2.34. The van der Waals surface area contributed by atoms with Crippen molar-refractivity contribution < 1.29 is 9.53 Å². The van der Waals surface area contributed by atoms with Crippen molar-refractivity contribution in [2.24, 2.45) is 0 Å². The molecule has 4 nitrogen and oxygen atoms in total. The maximum absolute atomic E-state index is 12.6. The molecule has 0 aromatic heterocycles. The maximum Gasteiger partial charge on any atom is 0.251 e. The average molecular weight is 282 g/mol. The van der Waals surface area contributed by atoms with E-state index in [1.54, 1.807) is 0 Å². The van der Waals surface area contributed by atoms with Crippen molar-refractivity contribution >= 4 is 5.91 Å². The molecule has 0 N–H and O–H groups in total. The minimum Gasteiger partial charge on any atom is -0.369 e. The van der Waals surface area contributed by atoms with Gasteiger partial charge in [0.05, 0.1) is 0 Å². The van der Waals surface area contributed by atoms with Gasteiger partial charge in [-0.05, 0) is 52.6 Å². The summed E-state index contributed by atoms with van der Waals surface area (Å²) in [5, 5.41) is 0. The number of nitrogens with zero attached hydrogens (tertiary/aromatic N) is 2. The van der Waals surface area contributed by atoms with E-state index in [9.17, 15) is 4.79 Å². The van der Waals surface area contributed by atoms with E-state index in [-0.39, 0.29) is 12.0 Å². The summed E-state index contributed by atoms with van der Waals surface area (Å²) in [6.07, 6.45) is 6.66. The Morgan fingerprint density at radius 2 is 1.95 bits per heavy atom. The van der Waals surface area contributed by atoms with Gasteiger partial charge in [-0.2, -0.15) is 0 Å². The normalized spacial score (nSPS) is 29.1. The van der Waals surface area contributed by atoms with Crippen LogP contribution in [0.5, 0.6) is 0 Å². The smallest absolute Gasteiger partial charge is 0.251 e. The topological polar surface area (TPSA) is 32.8 Å². The fraction of sp³-hybridized carbons (Fsp3) is 0.938. The highest BCUT2D eigenvalue weighted by molar-refractivity contribution is 5.81. The van der Waals surface area contributed by atoms with Crippen molar-refractivity contribution in [1.82, 2.24) is 9.80 Å². The largest absolute Gasteiger partial charge is 0.369 e. The number of amides is 1. The number of likely N-dealkylation sites (tertiary alicyclic amines) is 2. The molecule has 2 aliphatic heterocycles. The van der Waals surface area contributed by atoms with Gasteiger partial charge in [0, 0.05) is 25.2 Å². The molecule has 116 valence electrons. The van der Waals surface area contributed by atoms with Crippen LogP contribution in [-0.2, 0) is 9.53 Å². The number of carbonyl (C=O) groups is 1. The second-order valence-electron chi connectivity index (χ2n) is 6.30. The van der Waals surface area contributed by atoms with Gasteiger partial charge in [0.1, 0.15) is 6.10 Å². The van der Waals surface area contributed by atoms with Crippen LogP contribution >= 0.6 is 0 Å². The zero-order valence-corrected chi connectivity index (χ0v) is 13.3. The van der Waals surface area contributed by atoms with Gasteiger partial charge in [-0.25, -0.2) is 0 Å². The molecule has 2 aliphatic rings. The maximum atomic E-state index is 12.6. The molecule has 0 aromatic rings. The van der Waals surface area contributed by atoms with Crippen LogP contribution in [0.1, 0.15) is 52.4 Å². The predicted octanol–water partition coefficient (Wildman–Crippen LogP) is 2.28. The van der Waals surface area contributed by atoms with E-state index in [0.29, 0.717) is 18.7 Å². The third-order valence-electron chi connectivity index (χ3n) is 4.82. The third-order valence-corrected chi connectivity index (χ3v) is 4.82. The van der Waals surface area contributed by atoms with Crippen molar-refractivity contribution in [3.05, 3.63) is 0 Å². The van der Waals surface area contributed by atoms with E-state index in [4.69, 9.17) is 4.74 Å². The Bertz CT molecular complexity index is 322.